The van der Waals surface area contributed by atoms with Gasteiger partial charge in [0, 0.05) is 13.0 Å². The zero-order chi connectivity index (χ0) is 14.6. The van der Waals surface area contributed by atoms with Gasteiger partial charge >= 0.3 is 0 Å². The number of benzene rings is 1. The average molecular weight is 296 g/mol. The number of rotatable bonds is 7. The molecule has 1 aromatic carbocycles. The maximum absolute atomic E-state index is 11.8. The SMILES string of the molecule is CC[C@H](C)S(=O)(=O)NCCCc1nc2ccccc2o1. The van der Waals surface area contributed by atoms with Crippen LogP contribution in [-0.4, -0.2) is 25.2 Å². The second-order valence-corrected chi connectivity index (χ2v) is 7.02. The average Bonchev–Trinajstić information content (AvgIpc) is 2.85. The quantitative estimate of drug-likeness (QED) is 0.797. The van der Waals surface area contributed by atoms with Crippen molar-refractivity contribution in [1.82, 2.24) is 9.71 Å². The Bertz CT molecular complexity index is 631. The lowest BCUT2D eigenvalue weighted by Crippen LogP contribution is -2.33. The molecule has 2 aromatic rings. The highest BCUT2D eigenvalue weighted by molar-refractivity contribution is 7.90. The number of oxazole rings is 1. The third-order valence-corrected chi connectivity index (χ3v) is 5.31. The molecule has 0 aliphatic rings. The predicted octanol–water partition coefficient (Wildman–Crippen LogP) is 2.48. The normalized spacial score (nSPS) is 13.7. The molecule has 0 radical (unpaired) electrons. The first kappa shape index (κ1) is 15.0. The molecule has 2 rings (SSSR count). The van der Waals surface area contributed by atoms with E-state index in [4.69, 9.17) is 4.42 Å². The van der Waals surface area contributed by atoms with Crippen LogP contribution >= 0.6 is 0 Å². The van der Waals surface area contributed by atoms with Crippen molar-refractivity contribution in [2.24, 2.45) is 0 Å². The van der Waals surface area contributed by atoms with E-state index in [1.807, 2.05) is 31.2 Å². The number of para-hydroxylation sites is 2. The molecule has 20 heavy (non-hydrogen) atoms. The Hall–Kier alpha value is -1.40. The van der Waals surface area contributed by atoms with Crippen molar-refractivity contribution in [2.75, 3.05) is 6.54 Å². The summed E-state index contributed by atoms with van der Waals surface area (Å²) >= 11 is 0. The Morgan fingerprint density at radius 1 is 1.35 bits per heavy atom. The molecule has 0 saturated heterocycles. The zero-order valence-electron chi connectivity index (χ0n) is 11.8. The summed E-state index contributed by atoms with van der Waals surface area (Å²) in [6.07, 6.45) is 1.90. The van der Waals surface area contributed by atoms with Crippen LogP contribution in [0.5, 0.6) is 0 Å². The Morgan fingerprint density at radius 3 is 2.80 bits per heavy atom. The number of sulfonamides is 1. The molecule has 0 bridgehead atoms. The van der Waals surface area contributed by atoms with Gasteiger partial charge in [0.1, 0.15) is 5.52 Å². The molecule has 5 nitrogen and oxygen atoms in total. The minimum atomic E-state index is -3.19. The van der Waals surface area contributed by atoms with Gasteiger partial charge in [-0.15, -0.1) is 0 Å². The van der Waals surface area contributed by atoms with E-state index in [0.717, 1.165) is 11.1 Å². The molecule has 1 aromatic heterocycles. The maximum atomic E-state index is 11.8. The summed E-state index contributed by atoms with van der Waals surface area (Å²) in [5.41, 5.74) is 1.60. The Labute approximate surface area is 119 Å². The van der Waals surface area contributed by atoms with Crippen molar-refractivity contribution in [3.63, 3.8) is 0 Å². The highest BCUT2D eigenvalue weighted by Gasteiger charge is 2.17. The largest absolute Gasteiger partial charge is 0.441 e. The van der Waals surface area contributed by atoms with Gasteiger partial charge in [-0.05, 0) is 31.9 Å². The molecule has 0 aliphatic carbocycles. The third-order valence-electron chi connectivity index (χ3n) is 3.31. The molecule has 1 atom stereocenters. The van der Waals surface area contributed by atoms with Crippen LogP contribution in [0.15, 0.2) is 28.7 Å². The van der Waals surface area contributed by atoms with E-state index >= 15 is 0 Å². The van der Waals surface area contributed by atoms with Crippen LogP contribution in [0.1, 0.15) is 32.6 Å². The van der Waals surface area contributed by atoms with Gasteiger partial charge in [0.05, 0.1) is 5.25 Å². The summed E-state index contributed by atoms with van der Waals surface area (Å²) in [6.45, 7) is 3.98. The summed E-state index contributed by atoms with van der Waals surface area (Å²) in [7, 11) is -3.19. The smallest absolute Gasteiger partial charge is 0.214 e. The van der Waals surface area contributed by atoms with E-state index in [9.17, 15) is 8.42 Å². The van der Waals surface area contributed by atoms with Gasteiger partial charge in [0.25, 0.3) is 0 Å². The van der Waals surface area contributed by atoms with Gasteiger partial charge in [-0.3, -0.25) is 0 Å². The first-order valence-electron chi connectivity index (χ1n) is 6.86. The summed E-state index contributed by atoms with van der Waals surface area (Å²) in [6, 6.07) is 7.58. The molecule has 6 heteroatoms. The fourth-order valence-electron chi connectivity index (χ4n) is 1.84. The Morgan fingerprint density at radius 2 is 2.10 bits per heavy atom. The molecular weight excluding hydrogens is 276 g/mol. The lowest BCUT2D eigenvalue weighted by atomic mass is 10.3. The fraction of sp³-hybridized carbons (Fsp3) is 0.500. The van der Waals surface area contributed by atoms with Crippen molar-refractivity contribution >= 4 is 21.1 Å². The van der Waals surface area contributed by atoms with Crippen molar-refractivity contribution in [2.45, 2.75) is 38.4 Å². The molecule has 1 heterocycles. The maximum Gasteiger partial charge on any atom is 0.214 e. The minimum Gasteiger partial charge on any atom is -0.441 e. The highest BCUT2D eigenvalue weighted by atomic mass is 32.2. The first-order valence-corrected chi connectivity index (χ1v) is 8.40. The lowest BCUT2D eigenvalue weighted by molar-refractivity contribution is 0.515. The van der Waals surface area contributed by atoms with E-state index in [0.29, 0.717) is 31.7 Å². The van der Waals surface area contributed by atoms with Gasteiger partial charge in [-0.1, -0.05) is 19.1 Å². The number of hydrogen-bond acceptors (Lipinski definition) is 4. The van der Waals surface area contributed by atoms with Crippen molar-refractivity contribution in [1.29, 1.82) is 0 Å². The molecular formula is C14H20N2O3S. The van der Waals surface area contributed by atoms with Gasteiger partial charge in [0.15, 0.2) is 11.5 Å². The molecule has 110 valence electrons. The van der Waals surface area contributed by atoms with E-state index in [-0.39, 0.29) is 5.25 Å². The Balaban J connectivity index is 1.84. The number of nitrogens with one attached hydrogen (secondary N) is 1. The van der Waals surface area contributed by atoms with Crippen LogP contribution in [0.2, 0.25) is 0 Å². The van der Waals surface area contributed by atoms with Crippen molar-refractivity contribution in [3.05, 3.63) is 30.2 Å². The van der Waals surface area contributed by atoms with E-state index in [1.165, 1.54) is 0 Å². The number of hydrogen-bond donors (Lipinski definition) is 1. The topological polar surface area (TPSA) is 72.2 Å². The van der Waals surface area contributed by atoms with E-state index < -0.39 is 10.0 Å². The van der Waals surface area contributed by atoms with Crippen LogP contribution in [0.4, 0.5) is 0 Å². The van der Waals surface area contributed by atoms with Gasteiger partial charge in [-0.25, -0.2) is 18.1 Å². The molecule has 0 amide bonds. The van der Waals surface area contributed by atoms with Crippen LogP contribution in [0.3, 0.4) is 0 Å². The summed E-state index contributed by atoms with van der Waals surface area (Å²) in [5.74, 6) is 0.647. The Kier molecular flexibility index (Phi) is 4.77. The standard InChI is InChI=1S/C14H20N2O3S/c1-3-11(2)20(17,18)15-10-6-9-14-16-12-7-4-5-8-13(12)19-14/h4-5,7-8,11,15H,3,6,9-10H2,1-2H3/t11-/m0/s1. The second kappa shape index (κ2) is 6.37. The van der Waals surface area contributed by atoms with E-state index in [2.05, 4.69) is 9.71 Å². The molecule has 0 unspecified atom stereocenters. The van der Waals surface area contributed by atoms with Crippen molar-refractivity contribution < 1.29 is 12.8 Å². The van der Waals surface area contributed by atoms with Gasteiger partial charge in [-0.2, -0.15) is 0 Å². The number of aryl methyl sites for hydroxylation is 1. The summed E-state index contributed by atoms with van der Waals surface area (Å²) in [4.78, 5) is 4.35. The molecule has 0 fully saturated rings. The van der Waals surface area contributed by atoms with Crippen LogP contribution < -0.4 is 4.72 Å². The summed E-state index contributed by atoms with van der Waals surface area (Å²) < 4.78 is 31.7. The third kappa shape index (κ3) is 3.58. The molecule has 1 N–H and O–H groups in total. The second-order valence-electron chi connectivity index (χ2n) is 4.84. The van der Waals surface area contributed by atoms with Crippen LogP contribution in [-0.2, 0) is 16.4 Å². The minimum absolute atomic E-state index is 0.355. The molecule has 0 spiro atoms. The number of nitrogens with zero attached hydrogens (tertiary/aromatic N) is 1. The van der Waals surface area contributed by atoms with Gasteiger partial charge < -0.3 is 4.42 Å². The van der Waals surface area contributed by atoms with Crippen LogP contribution in [0, 0.1) is 0 Å². The van der Waals surface area contributed by atoms with Gasteiger partial charge in [0.2, 0.25) is 10.0 Å². The summed E-state index contributed by atoms with van der Waals surface area (Å²) in [5, 5.41) is -0.355. The highest BCUT2D eigenvalue weighted by Crippen LogP contribution is 2.15. The fourth-order valence-corrected chi connectivity index (χ4v) is 2.99. The lowest BCUT2D eigenvalue weighted by Gasteiger charge is -2.11. The first-order chi connectivity index (χ1) is 9.53. The monoisotopic (exact) mass is 296 g/mol. The predicted molar refractivity (Wildman–Crippen MR) is 79.0 cm³/mol. The zero-order valence-corrected chi connectivity index (χ0v) is 12.6. The molecule has 0 saturated carbocycles. The number of aromatic nitrogens is 1. The molecule has 0 aliphatic heterocycles. The van der Waals surface area contributed by atoms with Crippen LogP contribution in [0.25, 0.3) is 11.1 Å². The number of fused-ring (bicyclic) bond motifs is 1. The van der Waals surface area contributed by atoms with E-state index in [1.54, 1.807) is 6.92 Å². The van der Waals surface area contributed by atoms with Crippen molar-refractivity contribution in [3.8, 4) is 0 Å².